The van der Waals surface area contributed by atoms with E-state index in [0.29, 0.717) is 47.1 Å². The third kappa shape index (κ3) is 5.28. The lowest BCUT2D eigenvalue weighted by Crippen LogP contribution is -2.30. The van der Waals surface area contributed by atoms with E-state index in [0.717, 1.165) is 11.1 Å². The molecule has 2 N–H and O–H groups in total. The number of ether oxygens (including phenoxy) is 3. The van der Waals surface area contributed by atoms with Crippen LogP contribution in [-0.4, -0.2) is 56.3 Å². The molecule has 0 aromatic heterocycles. The van der Waals surface area contributed by atoms with Crippen LogP contribution in [0.5, 0.6) is 17.2 Å². The lowest BCUT2D eigenvalue weighted by Gasteiger charge is -2.25. The van der Waals surface area contributed by atoms with E-state index in [1.165, 1.54) is 14.2 Å². The number of hydrogen-bond acceptors (Lipinski definition) is 7. The van der Waals surface area contributed by atoms with Gasteiger partial charge < -0.3 is 24.4 Å². The fourth-order valence-electron chi connectivity index (χ4n) is 4.16. The van der Waals surface area contributed by atoms with Crippen molar-refractivity contribution < 1.29 is 23.8 Å². The fraction of sp³-hybridized carbons (Fsp3) is 0.407. The van der Waals surface area contributed by atoms with Gasteiger partial charge in [0.25, 0.3) is 5.91 Å². The second kappa shape index (κ2) is 10.7. The largest absolute Gasteiger partial charge is 0.493 e. The summed E-state index contributed by atoms with van der Waals surface area (Å²) < 4.78 is 16.8. The van der Waals surface area contributed by atoms with Crippen molar-refractivity contribution in [1.82, 2.24) is 10.2 Å². The Hall–Kier alpha value is -4.06. The number of nitrogens with zero attached hydrogens (tertiary/aromatic N) is 2. The van der Waals surface area contributed by atoms with Crippen molar-refractivity contribution in [2.75, 3.05) is 33.9 Å². The Morgan fingerprint density at radius 2 is 1.89 bits per heavy atom. The summed E-state index contributed by atoms with van der Waals surface area (Å²) in [5.41, 5.74) is 2.58. The minimum atomic E-state index is -0.352. The van der Waals surface area contributed by atoms with E-state index >= 15 is 0 Å². The van der Waals surface area contributed by atoms with Gasteiger partial charge in [-0.1, -0.05) is 20.8 Å². The van der Waals surface area contributed by atoms with E-state index in [9.17, 15) is 9.59 Å². The lowest BCUT2D eigenvalue weighted by atomic mass is 9.84. The molecule has 0 fully saturated rings. The van der Waals surface area contributed by atoms with Crippen LogP contribution >= 0.6 is 0 Å². The normalized spacial score (nSPS) is 12.6. The molecule has 36 heavy (non-hydrogen) atoms. The van der Waals surface area contributed by atoms with Gasteiger partial charge in [0, 0.05) is 30.3 Å². The van der Waals surface area contributed by atoms with Crippen LogP contribution in [0.2, 0.25) is 0 Å². The number of amidine groups is 1. The zero-order chi connectivity index (χ0) is 26.6. The van der Waals surface area contributed by atoms with Crippen LogP contribution < -0.4 is 19.5 Å². The first-order valence-electron chi connectivity index (χ1n) is 11.7. The summed E-state index contributed by atoms with van der Waals surface area (Å²) in [5, 5.41) is 20.2. The van der Waals surface area contributed by atoms with Gasteiger partial charge in [-0.25, -0.2) is 0 Å². The number of nitrogens with one attached hydrogen (secondary N) is 2. The molecule has 1 aliphatic heterocycles. The van der Waals surface area contributed by atoms with E-state index in [2.05, 4.69) is 5.32 Å². The highest BCUT2D eigenvalue weighted by atomic mass is 16.5. The van der Waals surface area contributed by atoms with Gasteiger partial charge in [0.15, 0.2) is 23.9 Å². The fourth-order valence-corrected chi connectivity index (χ4v) is 4.16. The summed E-state index contributed by atoms with van der Waals surface area (Å²) in [6, 6.07) is 8.71. The first-order chi connectivity index (χ1) is 17.0. The van der Waals surface area contributed by atoms with Gasteiger partial charge >= 0.3 is 0 Å². The van der Waals surface area contributed by atoms with Gasteiger partial charge in [0.2, 0.25) is 0 Å². The Morgan fingerprint density at radius 3 is 2.47 bits per heavy atom. The number of carbonyl (C=O) groups is 2. The first kappa shape index (κ1) is 26.5. The number of benzene rings is 2. The van der Waals surface area contributed by atoms with Crippen LogP contribution in [0.25, 0.3) is 0 Å². The summed E-state index contributed by atoms with van der Waals surface area (Å²) in [5.74, 6) is 0.908. The predicted octanol–water partition coefficient (Wildman–Crippen LogP) is 3.68. The molecule has 0 unspecified atom stereocenters. The molecule has 1 aliphatic rings. The standard InChI is InChI=1S/C27H32N4O5/c1-7-35-22-12-17-14-31(25(29)18(17)13-19(22)26(33)30-5)15-21(32)16-10-20(27(2,3)4)24(34-6)23(11-16)36-9-8-28/h10-13,29H,7,9,14-15H2,1-6H3,(H,30,33). The number of rotatable bonds is 9. The summed E-state index contributed by atoms with van der Waals surface area (Å²) in [6.07, 6.45) is 0. The highest BCUT2D eigenvalue weighted by Gasteiger charge is 2.30. The molecule has 0 saturated heterocycles. The maximum absolute atomic E-state index is 13.4. The van der Waals surface area contributed by atoms with Crippen molar-refractivity contribution in [3.05, 3.63) is 52.1 Å². The number of hydrogen-bond donors (Lipinski definition) is 2. The highest BCUT2D eigenvalue weighted by molar-refractivity contribution is 6.07. The third-order valence-electron chi connectivity index (χ3n) is 5.93. The quantitative estimate of drug-likeness (QED) is 0.512. The molecule has 0 radical (unpaired) electrons. The average molecular weight is 493 g/mol. The maximum Gasteiger partial charge on any atom is 0.254 e. The molecule has 2 aromatic carbocycles. The Bertz CT molecular complexity index is 1240. The third-order valence-corrected chi connectivity index (χ3v) is 5.93. The number of ketones is 1. The predicted molar refractivity (Wildman–Crippen MR) is 135 cm³/mol. The van der Waals surface area contributed by atoms with Crippen molar-refractivity contribution in [2.24, 2.45) is 0 Å². The number of fused-ring (bicyclic) bond motifs is 1. The second-order valence-corrected chi connectivity index (χ2v) is 9.40. The van der Waals surface area contributed by atoms with Crippen LogP contribution in [-0.2, 0) is 12.0 Å². The van der Waals surface area contributed by atoms with Crippen LogP contribution in [0.1, 0.15) is 65.1 Å². The Labute approximate surface area is 211 Å². The van der Waals surface area contributed by atoms with E-state index in [4.69, 9.17) is 24.9 Å². The average Bonchev–Trinajstić information content (AvgIpc) is 3.14. The number of nitriles is 1. The van der Waals surface area contributed by atoms with Gasteiger partial charge in [-0.15, -0.1) is 0 Å². The zero-order valence-electron chi connectivity index (χ0n) is 21.6. The molecule has 0 bridgehead atoms. The molecular weight excluding hydrogens is 460 g/mol. The molecule has 0 saturated carbocycles. The minimum Gasteiger partial charge on any atom is -0.493 e. The van der Waals surface area contributed by atoms with E-state index in [-0.39, 0.29) is 36.1 Å². The monoisotopic (exact) mass is 492 g/mol. The molecule has 1 heterocycles. The number of methoxy groups -OCH3 is 1. The smallest absolute Gasteiger partial charge is 0.254 e. The lowest BCUT2D eigenvalue weighted by molar-refractivity contribution is 0.0952. The Kier molecular flexibility index (Phi) is 7.88. The molecule has 9 nitrogen and oxygen atoms in total. The number of carbonyl (C=O) groups excluding carboxylic acids is 2. The van der Waals surface area contributed by atoms with Crippen molar-refractivity contribution in [1.29, 1.82) is 10.7 Å². The summed E-state index contributed by atoms with van der Waals surface area (Å²) >= 11 is 0. The molecule has 0 aliphatic carbocycles. The molecule has 0 atom stereocenters. The van der Waals surface area contributed by atoms with Crippen LogP contribution in [0.15, 0.2) is 24.3 Å². The summed E-state index contributed by atoms with van der Waals surface area (Å²) in [7, 11) is 3.06. The van der Waals surface area contributed by atoms with Gasteiger partial charge in [-0.05, 0) is 42.2 Å². The van der Waals surface area contributed by atoms with E-state index < -0.39 is 0 Å². The SMILES string of the molecule is CCOc1cc2c(cc1C(=O)NC)C(=N)N(CC(=O)c1cc(OCC#N)c(OC)c(C(C)(C)C)c1)C2. The Balaban J connectivity index is 1.94. The second-order valence-electron chi connectivity index (χ2n) is 9.40. The van der Waals surface area contributed by atoms with Gasteiger partial charge in [0.05, 0.1) is 25.8 Å². The van der Waals surface area contributed by atoms with Crippen molar-refractivity contribution in [3.8, 4) is 23.3 Å². The van der Waals surface area contributed by atoms with Crippen LogP contribution in [0.4, 0.5) is 0 Å². The summed E-state index contributed by atoms with van der Waals surface area (Å²) in [4.78, 5) is 27.4. The molecule has 2 aromatic rings. The van der Waals surface area contributed by atoms with Crippen molar-refractivity contribution in [2.45, 2.75) is 39.7 Å². The van der Waals surface area contributed by atoms with Crippen molar-refractivity contribution in [3.63, 3.8) is 0 Å². The molecule has 190 valence electrons. The number of Topliss-reactive ketones (excluding diaryl/α,β-unsaturated/α-hetero) is 1. The van der Waals surface area contributed by atoms with Crippen LogP contribution in [0, 0.1) is 16.7 Å². The molecule has 0 spiro atoms. The van der Waals surface area contributed by atoms with Crippen LogP contribution in [0.3, 0.4) is 0 Å². The first-order valence-corrected chi connectivity index (χ1v) is 11.7. The van der Waals surface area contributed by atoms with E-state index in [1.807, 2.05) is 33.8 Å². The molecular formula is C27H32N4O5. The minimum absolute atomic E-state index is 0.0413. The van der Waals surface area contributed by atoms with Gasteiger partial charge in [0.1, 0.15) is 17.7 Å². The Morgan fingerprint density at radius 1 is 1.17 bits per heavy atom. The number of amides is 1. The maximum atomic E-state index is 13.4. The molecule has 3 rings (SSSR count). The highest BCUT2D eigenvalue weighted by Crippen LogP contribution is 2.40. The van der Waals surface area contributed by atoms with E-state index in [1.54, 1.807) is 29.2 Å². The van der Waals surface area contributed by atoms with Gasteiger partial charge in [-0.3, -0.25) is 15.0 Å². The summed E-state index contributed by atoms with van der Waals surface area (Å²) in [6.45, 7) is 8.35. The zero-order valence-corrected chi connectivity index (χ0v) is 21.6. The molecule has 9 heteroatoms. The molecule has 1 amide bonds. The topological polar surface area (TPSA) is 125 Å². The van der Waals surface area contributed by atoms with Crippen molar-refractivity contribution >= 4 is 17.5 Å². The van der Waals surface area contributed by atoms with Gasteiger partial charge in [-0.2, -0.15) is 5.26 Å².